The second kappa shape index (κ2) is 2.74. The molecular formula is C11H11F. The van der Waals surface area contributed by atoms with Crippen molar-refractivity contribution in [3.63, 3.8) is 0 Å². The molecule has 0 N–H and O–H groups in total. The van der Waals surface area contributed by atoms with E-state index in [1.807, 2.05) is 19.1 Å². The average Bonchev–Trinajstić information content (AvgIpc) is 2.12. The standard InChI is InChI=1S/C11H11F/c1-8-6-7-11(12)10-5-3-2-4-9(8)10/h2,4,6-7H,3,5H2,1H3. The van der Waals surface area contributed by atoms with Crippen LogP contribution in [0.1, 0.15) is 23.1 Å². The van der Waals surface area contributed by atoms with Crippen LogP contribution in [-0.2, 0) is 6.42 Å². The molecule has 0 aliphatic heterocycles. The van der Waals surface area contributed by atoms with E-state index in [9.17, 15) is 4.39 Å². The van der Waals surface area contributed by atoms with Gasteiger partial charge in [0.2, 0.25) is 0 Å². The van der Waals surface area contributed by atoms with Crippen molar-refractivity contribution in [2.45, 2.75) is 19.8 Å². The number of rotatable bonds is 0. The van der Waals surface area contributed by atoms with E-state index in [2.05, 4.69) is 6.08 Å². The molecule has 0 nitrogen and oxygen atoms in total. The summed E-state index contributed by atoms with van der Waals surface area (Å²) >= 11 is 0. The van der Waals surface area contributed by atoms with Crippen LogP contribution in [-0.4, -0.2) is 0 Å². The van der Waals surface area contributed by atoms with Crippen LogP contribution in [0.25, 0.3) is 6.08 Å². The third-order valence-electron chi connectivity index (χ3n) is 2.36. The Kier molecular flexibility index (Phi) is 1.72. The lowest BCUT2D eigenvalue weighted by atomic mass is 9.93. The van der Waals surface area contributed by atoms with Crippen molar-refractivity contribution in [3.05, 3.63) is 40.7 Å². The van der Waals surface area contributed by atoms with Crippen LogP contribution in [0.2, 0.25) is 0 Å². The fourth-order valence-corrected chi connectivity index (χ4v) is 1.67. The van der Waals surface area contributed by atoms with Crippen LogP contribution in [0.3, 0.4) is 0 Å². The predicted molar refractivity (Wildman–Crippen MR) is 48.5 cm³/mol. The first-order valence-corrected chi connectivity index (χ1v) is 4.23. The quantitative estimate of drug-likeness (QED) is 0.550. The summed E-state index contributed by atoms with van der Waals surface area (Å²) in [6.45, 7) is 2.02. The van der Waals surface area contributed by atoms with Crippen LogP contribution in [0.4, 0.5) is 4.39 Å². The van der Waals surface area contributed by atoms with Crippen molar-refractivity contribution in [2.75, 3.05) is 0 Å². The van der Waals surface area contributed by atoms with Gasteiger partial charge in [-0.05, 0) is 42.5 Å². The van der Waals surface area contributed by atoms with Crippen molar-refractivity contribution in [3.8, 4) is 0 Å². The minimum atomic E-state index is -0.0556. The van der Waals surface area contributed by atoms with Gasteiger partial charge in [0.25, 0.3) is 0 Å². The van der Waals surface area contributed by atoms with Crippen LogP contribution in [0, 0.1) is 12.7 Å². The van der Waals surface area contributed by atoms with Gasteiger partial charge in [-0.25, -0.2) is 4.39 Å². The van der Waals surface area contributed by atoms with E-state index in [1.54, 1.807) is 6.07 Å². The van der Waals surface area contributed by atoms with E-state index >= 15 is 0 Å². The number of halogens is 1. The molecule has 0 radical (unpaired) electrons. The summed E-state index contributed by atoms with van der Waals surface area (Å²) in [5.41, 5.74) is 3.14. The van der Waals surface area contributed by atoms with Gasteiger partial charge in [0, 0.05) is 0 Å². The Morgan fingerprint density at radius 3 is 2.92 bits per heavy atom. The van der Waals surface area contributed by atoms with E-state index in [0.717, 1.165) is 24.0 Å². The highest BCUT2D eigenvalue weighted by Crippen LogP contribution is 2.24. The molecule has 0 saturated heterocycles. The summed E-state index contributed by atoms with van der Waals surface area (Å²) in [5, 5.41) is 0. The third-order valence-corrected chi connectivity index (χ3v) is 2.36. The second-order valence-electron chi connectivity index (χ2n) is 3.20. The highest BCUT2D eigenvalue weighted by molar-refractivity contribution is 5.60. The lowest BCUT2D eigenvalue weighted by Crippen LogP contribution is -1.99. The van der Waals surface area contributed by atoms with E-state index in [-0.39, 0.29) is 5.82 Å². The minimum Gasteiger partial charge on any atom is -0.207 e. The number of fused-ring (bicyclic) bond motifs is 1. The van der Waals surface area contributed by atoms with Crippen molar-refractivity contribution >= 4 is 6.08 Å². The summed E-state index contributed by atoms with van der Waals surface area (Å²) in [5.74, 6) is -0.0556. The van der Waals surface area contributed by atoms with E-state index in [1.165, 1.54) is 5.56 Å². The monoisotopic (exact) mass is 162 g/mol. The zero-order valence-electron chi connectivity index (χ0n) is 7.10. The Hall–Kier alpha value is -1.11. The maximum Gasteiger partial charge on any atom is 0.127 e. The van der Waals surface area contributed by atoms with Crippen molar-refractivity contribution < 1.29 is 4.39 Å². The summed E-state index contributed by atoms with van der Waals surface area (Å²) < 4.78 is 13.2. The van der Waals surface area contributed by atoms with E-state index < -0.39 is 0 Å². The van der Waals surface area contributed by atoms with Crippen LogP contribution < -0.4 is 0 Å². The predicted octanol–water partition coefficient (Wildman–Crippen LogP) is 3.09. The van der Waals surface area contributed by atoms with Crippen LogP contribution in [0.5, 0.6) is 0 Å². The number of hydrogen-bond acceptors (Lipinski definition) is 0. The maximum absolute atomic E-state index is 13.2. The van der Waals surface area contributed by atoms with Gasteiger partial charge in [0.1, 0.15) is 5.82 Å². The first-order chi connectivity index (χ1) is 5.79. The first-order valence-electron chi connectivity index (χ1n) is 4.23. The highest BCUT2D eigenvalue weighted by atomic mass is 19.1. The van der Waals surface area contributed by atoms with Crippen molar-refractivity contribution in [2.24, 2.45) is 0 Å². The molecule has 0 saturated carbocycles. The van der Waals surface area contributed by atoms with Gasteiger partial charge in [0.15, 0.2) is 0 Å². The first kappa shape index (κ1) is 7.53. The molecule has 1 aromatic rings. The van der Waals surface area contributed by atoms with E-state index in [0.29, 0.717) is 0 Å². The van der Waals surface area contributed by atoms with Gasteiger partial charge < -0.3 is 0 Å². The Labute approximate surface area is 71.7 Å². The number of benzene rings is 1. The molecule has 0 fully saturated rings. The smallest absolute Gasteiger partial charge is 0.127 e. The molecule has 62 valence electrons. The van der Waals surface area contributed by atoms with Crippen LogP contribution in [0.15, 0.2) is 18.2 Å². The van der Waals surface area contributed by atoms with Crippen LogP contribution >= 0.6 is 0 Å². The molecule has 0 heterocycles. The lowest BCUT2D eigenvalue weighted by Gasteiger charge is -2.13. The van der Waals surface area contributed by atoms with Gasteiger partial charge in [-0.1, -0.05) is 18.2 Å². The molecule has 0 atom stereocenters. The Morgan fingerprint density at radius 1 is 1.33 bits per heavy atom. The van der Waals surface area contributed by atoms with Gasteiger partial charge in [0.05, 0.1) is 0 Å². The average molecular weight is 162 g/mol. The van der Waals surface area contributed by atoms with Gasteiger partial charge in [-0.3, -0.25) is 0 Å². The molecule has 0 unspecified atom stereocenters. The number of aryl methyl sites for hydroxylation is 1. The molecule has 1 aromatic carbocycles. The van der Waals surface area contributed by atoms with Crippen molar-refractivity contribution in [1.29, 1.82) is 0 Å². The maximum atomic E-state index is 13.2. The fourth-order valence-electron chi connectivity index (χ4n) is 1.67. The van der Waals surface area contributed by atoms with Gasteiger partial charge in [-0.2, -0.15) is 0 Å². The topological polar surface area (TPSA) is 0 Å². The molecule has 12 heavy (non-hydrogen) atoms. The summed E-state index contributed by atoms with van der Waals surface area (Å²) in [6, 6.07) is 3.40. The highest BCUT2D eigenvalue weighted by Gasteiger charge is 2.10. The summed E-state index contributed by atoms with van der Waals surface area (Å²) in [7, 11) is 0. The Morgan fingerprint density at radius 2 is 2.17 bits per heavy atom. The zero-order chi connectivity index (χ0) is 8.55. The molecule has 2 rings (SSSR count). The molecule has 0 bridgehead atoms. The Balaban J connectivity index is 2.67. The minimum absolute atomic E-state index is 0.0556. The molecule has 1 heteroatoms. The second-order valence-corrected chi connectivity index (χ2v) is 3.20. The normalized spacial score (nSPS) is 14.5. The third kappa shape index (κ3) is 1.06. The number of hydrogen-bond donors (Lipinski definition) is 0. The van der Waals surface area contributed by atoms with E-state index in [4.69, 9.17) is 0 Å². The molecular weight excluding hydrogens is 151 g/mol. The fraction of sp³-hybridized carbons (Fsp3) is 0.273. The molecule has 1 aliphatic carbocycles. The zero-order valence-corrected chi connectivity index (χ0v) is 7.10. The van der Waals surface area contributed by atoms with Crippen molar-refractivity contribution in [1.82, 2.24) is 0 Å². The number of allylic oxidation sites excluding steroid dienone is 1. The SMILES string of the molecule is Cc1ccc(F)c2c1C=CCC2. The largest absolute Gasteiger partial charge is 0.207 e. The molecule has 0 amide bonds. The Bertz CT molecular complexity index is 337. The molecule has 1 aliphatic rings. The van der Waals surface area contributed by atoms with Gasteiger partial charge in [-0.15, -0.1) is 0 Å². The lowest BCUT2D eigenvalue weighted by molar-refractivity contribution is 0.607. The van der Waals surface area contributed by atoms with Gasteiger partial charge >= 0.3 is 0 Å². The molecule has 0 aromatic heterocycles. The summed E-state index contributed by atoms with van der Waals surface area (Å²) in [6.07, 6.45) is 5.94. The molecule has 0 spiro atoms. The summed E-state index contributed by atoms with van der Waals surface area (Å²) in [4.78, 5) is 0.